The molecule has 1 saturated heterocycles. The van der Waals surface area contributed by atoms with Gasteiger partial charge in [-0.25, -0.2) is 5.43 Å². The summed E-state index contributed by atoms with van der Waals surface area (Å²) in [7, 11) is 0. The molecule has 2 amide bonds. The van der Waals surface area contributed by atoms with E-state index in [1.54, 1.807) is 30.5 Å². The number of halogens is 1. The van der Waals surface area contributed by atoms with Gasteiger partial charge in [0, 0.05) is 23.4 Å². The average molecular weight is 520 g/mol. The average Bonchev–Trinajstić information content (AvgIpc) is 3.32. The number of thioether (sulfide) groups is 1. The molecule has 1 fully saturated rings. The van der Waals surface area contributed by atoms with Crippen LogP contribution in [0.25, 0.3) is 0 Å². The Hall–Kier alpha value is -2.36. The maximum absolute atomic E-state index is 11.9. The van der Waals surface area contributed by atoms with Crippen LogP contribution >= 0.6 is 27.7 Å². The van der Waals surface area contributed by atoms with Crippen LogP contribution in [0, 0.1) is 0 Å². The van der Waals surface area contributed by atoms with Crippen LogP contribution < -0.4 is 15.5 Å². The van der Waals surface area contributed by atoms with E-state index in [1.807, 2.05) is 24.3 Å². The lowest BCUT2D eigenvalue weighted by atomic mass is 10.2. The Kier molecular flexibility index (Phi) is 10.1. The molecule has 1 heterocycles. The molecule has 1 aliphatic heterocycles. The zero-order valence-corrected chi connectivity index (χ0v) is 20.0. The number of nitrogens with one attached hydrogen (secondary N) is 2. The molecule has 0 radical (unpaired) electrons. The summed E-state index contributed by atoms with van der Waals surface area (Å²) < 4.78 is 12.0. The minimum Gasteiger partial charge on any atom is -0.484 e. The molecule has 0 aliphatic carbocycles. The second-order valence-corrected chi connectivity index (χ2v) is 9.01. The van der Waals surface area contributed by atoms with E-state index in [2.05, 4.69) is 31.8 Å². The van der Waals surface area contributed by atoms with E-state index in [1.165, 1.54) is 11.8 Å². The minimum absolute atomic E-state index is 0.0482. The summed E-state index contributed by atoms with van der Waals surface area (Å²) in [5, 5.41) is 6.80. The zero-order valence-electron chi connectivity index (χ0n) is 17.6. The molecule has 0 spiro atoms. The van der Waals surface area contributed by atoms with Crippen molar-refractivity contribution in [2.75, 3.05) is 25.5 Å². The number of hydrogen-bond donors (Lipinski definition) is 2. The van der Waals surface area contributed by atoms with E-state index in [0.717, 1.165) is 40.8 Å². The highest BCUT2D eigenvalue weighted by molar-refractivity contribution is 9.10. The third kappa shape index (κ3) is 8.64. The van der Waals surface area contributed by atoms with Gasteiger partial charge in [0.05, 0.1) is 18.1 Å². The Morgan fingerprint density at radius 2 is 2.00 bits per heavy atom. The summed E-state index contributed by atoms with van der Waals surface area (Å²) in [5.41, 5.74) is 4.48. The lowest BCUT2D eigenvalue weighted by molar-refractivity contribution is -0.123. The van der Waals surface area contributed by atoms with Crippen molar-refractivity contribution in [3.63, 3.8) is 0 Å². The smallest absolute Gasteiger partial charge is 0.258 e. The first-order valence-corrected chi connectivity index (χ1v) is 12.3. The summed E-state index contributed by atoms with van der Waals surface area (Å²) in [6.45, 7) is 1.24. The number of benzene rings is 2. The predicted octanol–water partition coefficient (Wildman–Crippen LogP) is 3.51. The molecule has 1 aliphatic rings. The number of carbonyl (C=O) groups is 2. The van der Waals surface area contributed by atoms with Crippen molar-refractivity contribution in [2.24, 2.45) is 5.10 Å². The van der Waals surface area contributed by atoms with E-state index < -0.39 is 0 Å². The van der Waals surface area contributed by atoms with Crippen molar-refractivity contribution in [3.05, 3.63) is 64.1 Å². The van der Waals surface area contributed by atoms with Gasteiger partial charge >= 0.3 is 0 Å². The second kappa shape index (κ2) is 13.2. The number of carbonyl (C=O) groups excluding carboxylic acids is 2. The normalized spacial score (nSPS) is 15.6. The summed E-state index contributed by atoms with van der Waals surface area (Å²) in [6, 6.07) is 15.1. The molecule has 2 aromatic carbocycles. The Balaban J connectivity index is 1.31. The predicted molar refractivity (Wildman–Crippen MR) is 130 cm³/mol. The van der Waals surface area contributed by atoms with E-state index in [0.29, 0.717) is 18.0 Å². The number of amides is 2. The fraction of sp³-hybridized carbons (Fsp3) is 0.348. The van der Waals surface area contributed by atoms with Crippen LogP contribution in [-0.2, 0) is 20.1 Å². The number of nitrogens with zero attached hydrogens (tertiary/aromatic N) is 1. The minimum atomic E-state index is -0.175. The molecule has 1 atom stereocenters. The van der Waals surface area contributed by atoms with Crippen LogP contribution in [0.5, 0.6) is 5.75 Å². The third-order valence-electron chi connectivity index (χ3n) is 4.65. The molecule has 170 valence electrons. The molecular weight excluding hydrogens is 494 g/mol. The Labute approximate surface area is 200 Å². The van der Waals surface area contributed by atoms with Crippen LogP contribution in [0.3, 0.4) is 0 Å². The van der Waals surface area contributed by atoms with Gasteiger partial charge in [-0.15, -0.1) is 11.8 Å². The third-order valence-corrected chi connectivity index (χ3v) is 6.41. The van der Waals surface area contributed by atoms with Crippen molar-refractivity contribution >= 4 is 45.7 Å². The Morgan fingerprint density at radius 1 is 1.19 bits per heavy atom. The number of ether oxygens (including phenoxy) is 2. The maximum atomic E-state index is 11.9. The number of hydrogen-bond acceptors (Lipinski definition) is 6. The van der Waals surface area contributed by atoms with Crippen molar-refractivity contribution < 1.29 is 19.1 Å². The summed E-state index contributed by atoms with van der Waals surface area (Å²) >= 11 is 5.02. The Morgan fingerprint density at radius 3 is 2.75 bits per heavy atom. The molecular formula is C23H26BrN3O4S. The fourth-order valence-corrected chi connectivity index (χ4v) is 4.40. The standard InChI is InChI=1S/C23H26BrN3O4S/c24-21-6-2-1-4-18(21)15-32-16-23(29)27-26-12-17-7-9-19(10-8-17)31-14-22(28)25-13-20-5-3-11-30-20/h1-2,4,6-10,12,20H,3,5,11,13-16H2,(H,25,28)(H,27,29)/b26-12-/t20-/m0/s1. The highest BCUT2D eigenvalue weighted by atomic mass is 79.9. The number of rotatable bonds is 11. The first-order chi connectivity index (χ1) is 15.6. The van der Waals surface area contributed by atoms with Crippen LogP contribution in [0.15, 0.2) is 58.1 Å². The molecule has 0 aromatic heterocycles. The van der Waals surface area contributed by atoms with Gasteiger partial charge < -0.3 is 14.8 Å². The largest absolute Gasteiger partial charge is 0.484 e. The molecule has 3 rings (SSSR count). The van der Waals surface area contributed by atoms with Gasteiger partial charge in [-0.1, -0.05) is 34.1 Å². The van der Waals surface area contributed by atoms with Gasteiger partial charge in [-0.3, -0.25) is 9.59 Å². The monoisotopic (exact) mass is 519 g/mol. The molecule has 0 unspecified atom stereocenters. The first-order valence-electron chi connectivity index (χ1n) is 10.3. The topological polar surface area (TPSA) is 89.0 Å². The van der Waals surface area contributed by atoms with Crippen LogP contribution in [0.4, 0.5) is 0 Å². The Bertz CT molecular complexity index is 918. The summed E-state index contributed by atoms with van der Waals surface area (Å²) in [4.78, 5) is 23.8. The van der Waals surface area contributed by atoms with Crippen LogP contribution in [0.1, 0.15) is 24.0 Å². The molecule has 0 bridgehead atoms. The van der Waals surface area contributed by atoms with Gasteiger partial charge in [0.25, 0.3) is 5.91 Å². The highest BCUT2D eigenvalue weighted by Crippen LogP contribution is 2.21. The van der Waals surface area contributed by atoms with E-state index >= 15 is 0 Å². The van der Waals surface area contributed by atoms with Crippen LogP contribution in [0.2, 0.25) is 0 Å². The van der Waals surface area contributed by atoms with Crippen molar-refractivity contribution in [2.45, 2.75) is 24.7 Å². The van der Waals surface area contributed by atoms with Crippen molar-refractivity contribution in [3.8, 4) is 5.75 Å². The van der Waals surface area contributed by atoms with Crippen molar-refractivity contribution in [1.82, 2.24) is 10.7 Å². The SMILES string of the molecule is O=C(COc1ccc(/C=N\NC(=O)CSCc2ccccc2Br)cc1)NC[C@@H]1CCCO1. The highest BCUT2D eigenvalue weighted by Gasteiger charge is 2.16. The van der Waals surface area contributed by atoms with E-state index in [-0.39, 0.29) is 24.5 Å². The number of hydrazone groups is 1. The van der Waals surface area contributed by atoms with Gasteiger partial charge in [0.1, 0.15) is 5.75 Å². The molecule has 0 saturated carbocycles. The zero-order chi connectivity index (χ0) is 22.6. The fourth-order valence-electron chi connectivity index (χ4n) is 2.96. The van der Waals surface area contributed by atoms with Gasteiger partial charge in [0.2, 0.25) is 5.91 Å². The maximum Gasteiger partial charge on any atom is 0.258 e. The second-order valence-electron chi connectivity index (χ2n) is 7.17. The van der Waals surface area contributed by atoms with Gasteiger partial charge in [-0.2, -0.15) is 5.10 Å². The lowest BCUT2D eigenvalue weighted by Crippen LogP contribution is -2.35. The molecule has 2 N–H and O–H groups in total. The summed E-state index contributed by atoms with van der Waals surface area (Å²) in [5.74, 6) is 1.31. The van der Waals surface area contributed by atoms with Crippen LogP contribution in [-0.4, -0.2) is 49.6 Å². The molecule has 2 aromatic rings. The van der Waals surface area contributed by atoms with E-state index in [4.69, 9.17) is 9.47 Å². The molecule has 7 nitrogen and oxygen atoms in total. The lowest BCUT2D eigenvalue weighted by Gasteiger charge is -2.11. The van der Waals surface area contributed by atoms with E-state index in [9.17, 15) is 9.59 Å². The quantitative estimate of drug-likeness (QED) is 0.350. The molecule has 9 heteroatoms. The molecule has 32 heavy (non-hydrogen) atoms. The van der Waals surface area contributed by atoms with Gasteiger partial charge in [0.15, 0.2) is 6.61 Å². The summed E-state index contributed by atoms with van der Waals surface area (Å²) in [6.07, 6.45) is 3.70. The van der Waals surface area contributed by atoms with Gasteiger partial charge in [-0.05, 0) is 54.3 Å². The first kappa shape index (κ1) is 24.3. The van der Waals surface area contributed by atoms with Crippen molar-refractivity contribution in [1.29, 1.82) is 0 Å².